The Morgan fingerprint density at radius 1 is 1.02 bits per heavy atom. The molecule has 49 heavy (non-hydrogen) atoms. The molecule has 1 heterocycles. The molecule has 0 bridgehead atoms. The first-order valence-corrected chi connectivity index (χ1v) is 18.8. The van der Waals surface area contributed by atoms with E-state index < -0.39 is 68.3 Å². The Hall–Kier alpha value is -3.72. The largest absolute Gasteiger partial charge is 0.344 e. The standard InChI is InChI=1S/C37H54N4O7S/c1-9-10-19-28(30(43)26(3)42)38-32(44)29-22-36(7,8)25(2)23-41(29)33(45)31(35(4,5)6)39-34(46)40-37(20-15-12-16-21-37)24-49(47,48)27-17-13-11-14-18-27/h1,11,13-14,17-18,25,28-29,31H,10,12,15-16,19-24H2,2-8H3,(H,38,44)(H2,39,40,46)/t25?,28?,29-,31+/m0/s1. The lowest BCUT2D eigenvalue weighted by atomic mass is 9.71. The predicted molar refractivity (Wildman–Crippen MR) is 188 cm³/mol. The Labute approximate surface area is 292 Å². The van der Waals surface area contributed by atoms with Crippen LogP contribution in [0.25, 0.3) is 0 Å². The van der Waals surface area contributed by atoms with Gasteiger partial charge in [0.2, 0.25) is 17.6 Å². The van der Waals surface area contributed by atoms with Crippen LogP contribution >= 0.6 is 0 Å². The second-order valence-electron chi connectivity index (χ2n) is 15.6. The van der Waals surface area contributed by atoms with E-state index in [1.807, 2.05) is 20.8 Å². The van der Waals surface area contributed by atoms with E-state index in [0.717, 1.165) is 26.2 Å². The molecule has 1 saturated carbocycles. The zero-order valence-electron chi connectivity index (χ0n) is 30.1. The summed E-state index contributed by atoms with van der Waals surface area (Å²) in [6.45, 7) is 12.8. The SMILES string of the molecule is C#CCCC(NC(=O)[C@@H]1CC(C)(C)C(C)CN1C(=O)[C@@H](NC(=O)NC1(CS(=O)(=O)c2ccccc2)CCCCC1)C(C)(C)C)C(=O)C(C)=O. The van der Waals surface area contributed by atoms with Crippen LogP contribution in [0.15, 0.2) is 35.2 Å². The third kappa shape index (κ3) is 10.2. The molecule has 12 heteroatoms. The van der Waals surface area contributed by atoms with Gasteiger partial charge >= 0.3 is 6.03 Å². The highest BCUT2D eigenvalue weighted by atomic mass is 32.2. The van der Waals surface area contributed by atoms with Gasteiger partial charge in [-0.25, -0.2) is 13.2 Å². The van der Waals surface area contributed by atoms with Crippen LogP contribution in [0, 0.1) is 29.1 Å². The minimum Gasteiger partial charge on any atom is -0.344 e. The van der Waals surface area contributed by atoms with Crippen LogP contribution in [0.1, 0.15) is 99.8 Å². The fraction of sp³-hybridized carbons (Fsp3) is 0.649. The van der Waals surface area contributed by atoms with E-state index in [9.17, 15) is 32.4 Å². The number of hydrogen-bond donors (Lipinski definition) is 3. The van der Waals surface area contributed by atoms with Gasteiger partial charge in [-0.3, -0.25) is 19.2 Å². The van der Waals surface area contributed by atoms with Crippen molar-refractivity contribution in [1.82, 2.24) is 20.9 Å². The number of hydrogen-bond acceptors (Lipinski definition) is 7. The lowest BCUT2D eigenvalue weighted by molar-refractivity contribution is -0.151. The van der Waals surface area contributed by atoms with E-state index in [0.29, 0.717) is 12.8 Å². The van der Waals surface area contributed by atoms with Crippen LogP contribution in [0.4, 0.5) is 4.79 Å². The van der Waals surface area contributed by atoms with E-state index in [1.54, 1.807) is 51.1 Å². The van der Waals surface area contributed by atoms with Gasteiger partial charge in [-0.2, -0.15) is 0 Å². The monoisotopic (exact) mass is 698 g/mol. The van der Waals surface area contributed by atoms with Gasteiger partial charge < -0.3 is 20.9 Å². The summed E-state index contributed by atoms with van der Waals surface area (Å²) in [7, 11) is -3.73. The molecule has 4 atom stereocenters. The van der Waals surface area contributed by atoms with Gasteiger partial charge in [-0.05, 0) is 54.6 Å². The van der Waals surface area contributed by atoms with Gasteiger partial charge in [-0.1, -0.05) is 79.0 Å². The molecule has 2 fully saturated rings. The van der Waals surface area contributed by atoms with Crippen molar-refractivity contribution in [2.75, 3.05) is 12.3 Å². The van der Waals surface area contributed by atoms with Gasteiger partial charge in [0.15, 0.2) is 15.6 Å². The Balaban J connectivity index is 1.90. The lowest BCUT2D eigenvalue weighted by Crippen LogP contribution is -2.66. The topological polar surface area (TPSA) is 159 Å². The lowest BCUT2D eigenvalue weighted by Gasteiger charge is -2.49. The molecule has 0 radical (unpaired) electrons. The summed E-state index contributed by atoms with van der Waals surface area (Å²) in [6, 6.07) is 4.30. The number of terminal acetylenes is 1. The first kappa shape index (κ1) is 39.7. The van der Waals surface area contributed by atoms with E-state index in [-0.39, 0.29) is 47.8 Å². The van der Waals surface area contributed by atoms with E-state index in [2.05, 4.69) is 21.9 Å². The fourth-order valence-electron chi connectivity index (χ4n) is 6.80. The minimum absolute atomic E-state index is 0.0141. The van der Waals surface area contributed by atoms with Crippen molar-refractivity contribution in [3.05, 3.63) is 30.3 Å². The third-order valence-electron chi connectivity index (χ3n) is 10.2. The number of urea groups is 1. The number of rotatable bonds is 12. The van der Waals surface area contributed by atoms with Crippen LogP contribution in [0.5, 0.6) is 0 Å². The molecule has 2 unspecified atom stereocenters. The molecule has 0 spiro atoms. The number of carbonyl (C=O) groups excluding carboxylic acids is 5. The van der Waals surface area contributed by atoms with Gasteiger partial charge in [-0.15, -0.1) is 12.3 Å². The molecular weight excluding hydrogens is 644 g/mol. The average Bonchev–Trinajstić information content (AvgIpc) is 3.02. The van der Waals surface area contributed by atoms with Gasteiger partial charge in [0.25, 0.3) is 0 Å². The summed E-state index contributed by atoms with van der Waals surface area (Å²) in [4.78, 5) is 68.4. The predicted octanol–water partition coefficient (Wildman–Crippen LogP) is 4.20. The summed E-state index contributed by atoms with van der Waals surface area (Å²) < 4.78 is 26.9. The number of benzene rings is 1. The summed E-state index contributed by atoms with van der Waals surface area (Å²) in [5, 5.41) is 8.54. The molecule has 2 aliphatic rings. The highest BCUT2D eigenvalue weighted by Gasteiger charge is 2.48. The molecule has 4 amide bonds. The summed E-state index contributed by atoms with van der Waals surface area (Å²) in [5.41, 5.74) is -2.18. The van der Waals surface area contributed by atoms with Crippen LogP contribution < -0.4 is 16.0 Å². The van der Waals surface area contributed by atoms with Gasteiger partial charge in [0, 0.05) is 19.9 Å². The van der Waals surface area contributed by atoms with Crippen molar-refractivity contribution in [3.8, 4) is 12.3 Å². The fourth-order valence-corrected chi connectivity index (χ4v) is 8.62. The van der Waals surface area contributed by atoms with E-state index in [4.69, 9.17) is 6.42 Å². The van der Waals surface area contributed by atoms with Crippen LogP contribution in [-0.2, 0) is 29.0 Å². The smallest absolute Gasteiger partial charge is 0.315 e. The zero-order valence-corrected chi connectivity index (χ0v) is 30.9. The molecule has 1 aromatic carbocycles. The quantitative estimate of drug-likeness (QED) is 0.218. The summed E-state index contributed by atoms with van der Waals surface area (Å²) >= 11 is 0. The number of amides is 4. The third-order valence-corrected chi connectivity index (χ3v) is 12.1. The van der Waals surface area contributed by atoms with Gasteiger partial charge in [0.1, 0.15) is 12.1 Å². The van der Waals surface area contributed by atoms with Crippen LogP contribution in [-0.4, -0.2) is 78.7 Å². The minimum atomic E-state index is -3.73. The molecule has 1 saturated heterocycles. The van der Waals surface area contributed by atoms with Crippen molar-refractivity contribution < 1.29 is 32.4 Å². The van der Waals surface area contributed by atoms with E-state index >= 15 is 0 Å². The van der Waals surface area contributed by atoms with E-state index in [1.165, 1.54) is 4.90 Å². The molecule has 3 rings (SSSR count). The maximum Gasteiger partial charge on any atom is 0.315 e. The molecule has 0 aromatic heterocycles. The zero-order chi connectivity index (χ0) is 36.8. The summed E-state index contributed by atoms with van der Waals surface area (Å²) in [5.74, 6) is -0.368. The Bertz CT molecular complexity index is 1540. The number of nitrogens with one attached hydrogen (secondary N) is 3. The Morgan fingerprint density at radius 3 is 2.18 bits per heavy atom. The molecule has 1 aliphatic carbocycles. The molecular formula is C37H54N4O7S. The molecule has 3 N–H and O–H groups in total. The number of sulfone groups is 1. The number of carbonyl (C=O) groups is 5. The second kappa shape index (κ2) is 15.9. The van der Waals surface area contributed by atoms with Crippen LogP contribution in [0.2, 0.25) is 0 Å². The van der Waals surface area contributed by atoms with Gasteiger partial charge in [0.05, 0.1) is 22.2 Å². The van der Waals surface area contributed by atoms with Crippen LogP contribution in [0.3, 0.4) is 0 Å². The maximum atomic E-state index is 14.5. The van der Waals surface area contributed by atoms with Crippen molar-refractivity contribution in [1.29, 1.82) is 0 Å². The Kier molecular flexibility index (Phi) is 12.9. The Morgan fingerprint density at radius 2 is 1.63 bits per heavy atom. The van der Waals surface area contributed by atoms with Crippen molar-refractivity contribution >= 4 is 39.2 Å². The normalized spacial score (nSPS) is 21.7. The average molecular weight is 699 g/mol. The number of likely N-dealkylation sites (tertiary alicyclic amines) is 1. The van der Waals surface area contributed by atoms with Crippen molar-refractivity contribution in [2.24, 2.45) is 16.7 Å². The molecule has 1 aliphatic heterocycles. The number of nitrogens with zero attached hydrogens (tertiary/aromatic N) is 1. The number of Topliss-reactive ketones (excluding diaryl/α,β-unsaturated/α-hetero) is 2. The first-order valence-electron chi connectivity index (χ1n) is 17.2. The van der Waals surface area contributed by atoms with Crippen molar-refractivity contribution in [2.45, 2.75) is 128 Å². The maximum absolute atomic E-state index is 14.5. The molecule has 11 nitrogen and oxygen atoms in total. The molecule has 1 aromatic rings. The molecule has 270 valence electrons. The van der Waals surface area contributed by atoms with Crippen molar-refractivity contribution in [3.63, 3.8) is 0 Å². The number of piperidine rings is 1. The second-order valence-corrected chi connectivity index (χ2v) is 17.6. The first-order chi connectivity index (χ1) is 22.7. The highest BCUT2D eigenvalue weighted by molar-refractivity contribution is 7.91. The summed E-state index contributed by atoms with van der Waals surface area (Å²) in [6.07, 6.45) is 9.29. The number of ketones is 2. The highest BCUT2D eigenvalue weighted by Crippen LogP contribution is 2.40.